The van der Waals surface area contributed by atoms with Crippen LogP contribution in [0.15, 0.2) is 22.7 Å². The highest BCUT2D eigenvalue weighted by molar-refractivity contribution is 9.10. The first-order chi connectivity index (χ1) is 9.69. The number of hydrogen-bond donors (Lipinski definition) is 1. The van der Waals surface area contributed by atoms with Gasteiger partial charge in [-0.15, -0.1) is 0 Å². The first kappa shape index (κ1) is 18.0. The molecule has 1 N–H and O–H groups in total. The van der Waals surface area contributed by atoms with Crippen LogP contribution in [0.2, 0.25) is 0 Å². The summed E-state index contributed by atoms with van der Waals surface area (Å²) in [6, 6.07) is 6.15. The van der Waals surface area contributed by atoms with Crippen molar-refractivity contribution in [3.8, 4) is 5.75 Å². The van der Waals surface area contributed by atoms with Crippen LogP contribution < -0.4 is 10.1 Å². The van der Waals surface area contributed by atoms with Gasteiger partial charge in [0.1, 0.15) is 5.75 Å². The summed E-state index contributed by atoms with van der Waals surface area (Å²) in [5, 5.41) is 2.95. The summed E-state index contributed by atoms with van der Waals surface area (Å²) in [4.78, 5) is 11.7. The van der Waals surface area contributed by atoms with E-state index in [0.29, 0.717) is 25.4 Å². The van der Waals surface area contributed by atoms with E-state index in [9.17, 15) is 4.79 Å². The zero-order chi connectivity index (χ0) is 16.0. The van der Waals surface area contributed by atoms with Crippen molar-refractivity contribution in [1.29, 1.82) is 0 Å². The van der Waals surface area contributed by atoms with Gasteiger partial charge >= 0.3 is 0 Å². The molecule has 0 unspecified atom stereocenters. The molecule has 4 heteroatoms. The molecule has 0 radical (unpaired) electrons. The number of rotatable bonds is 6. The molecule has 0 aromatic heterocycles. The molecule has 1 amide bonds. The van der Waals surface area contributed by atoms with Crippen LogP contribution in [0.5, 0.6) is 5.75 Å². The fourth-order valence-corrected chi connectivity index (χ4v) is 2.40. The normalized spacial score (nSPS) is 11.6. The lowest BCUT2D eigenvalue weighted by Gasteiger charge is -2.20. The van der Waals surface area contributed by atoms with Crippen LogP contribution >= 0.6 is 15.9 Å². The molecule has 0 bridgehead atoms. The van der Waals surface area contributed by atoms with Gasteiger partial charge in [-0.05, 0) is 66.7 Å². The van der Waals surface area contributed by atoms with E-state index in [1.54, 1.807) is 0 Å². The number of hydrogen-bond acceptors (Lipinski definition) is 2. The van der Waals surface area contributed by atoms with Crippen molar-refractivity contribution in [3.05, 3.63) is 28.2 Å². The number of carbonyl (C=O) groups is 1. The summed E-state index contributed by atoms with van der Waals surface area (Å²) < 4.78 is 6.69. The Morgan fingerprint density at radius 3 is 2.52 bits per heavy atom. The van der Waals surface area contributed by atoms with Crippen molar-refractivity contribution >= 4 is 21.8 Å². The molecule has 0 fully saturated rings. The van der Waals surface area contributed by atoms with Gasteiger partial charge in [-0.25, -0.2) is 0 Å². The van der Waals surface area contributed by atoms with E-state index < -0.39 is 0 Å². The summed E-state index contributed by atoms with van der Waals surface area (Å²) in [6.07, 6.45) is 1.19. The van der Waals surface area contributed by atoms with E-state index in [1.807, 2.05) is 26.8 Å². The van der Waals surface area contributed by atoms with E-state index in [1.165, 1.54) is 5.56 Å². The van der Waals surface area contributed by atoms with E-state index in [4.69, 9.17) is 4.74 Å². The van der Waals surface area contributed by atoms with Gasteiger partial charge < -0.3 is 10.1 Å². The van der Waals surface area contributed by atoms with Gasteiger partial charge in [0.05, 0.1) is 11.1 Å². The molecule has 21 heavy (non-hydrogen) atoms. The minimum Gasteiger partial charge on any atom is -0.492 e. The molecule has 0 aliphatic rings. The first-order valence-electron chi connectivity index (χ1n) is 7.42. The van der Waals surface area contributed by atoms with Crippen molar-refractivity contribution in [2.45, 2.75) is 58.9 Å². The van der Waals surface area contributed by atoms with Gasteiger partial charge in [-0.2, -0.15) is 0 Å². The third-order valence-electron chi connectivity index (χ3n) is 2.94. The molecule has 3 nitrogen and oxygen atoms in total. The Labute approximate surface area is 136 Å². The number of benzene rings is 1. The van der Waals surface area contributed by atoms with Crippen LogP contribution in [0.3, 0.4) is 0 Å². The molecule has 0 saturated carbocycles. The Morgan fingerprint density at radius 1 is 1.33 bits per heavy atom. The second-order valence-corrected chi connectivity index (χ2v) is 7.45. The molecule has 1 aromatic carbocycles. The Balaban J connectivity index is 2.38. The summed E-state index contributed by atoms with van der Waals surface area (Å²) in [6.45, 7) is 10.8. The van der Waals surface area contributed by atoms with Gasteiger partial charge in [0.25, 0.3) is 0 Å². The lowest BCUT2D eigenvalue weighted by Crippen LogP contribution is -2.40. The minimum atomic E-state index is -0.173. The topological polar surface area (TPSA) is 38.3 Å². The molecule has 0 heterocycles. The quantitative estimate of drug-likeness (QED) is 0.754. The molecule has 0 saturated heterocycles. The van der Waals surface area contributed by atoms with Crippen molar-refractivity contribution in [1.82, 2.24) is 5.32 Å². The Kier molecular flexibility index (Phi) is 6.72. The van der Waals surface area contributed by atoms with Crippen LogP contribution in [-0.2, 0) is 4.79 Å². The number of ether oxygens (including phenoxy) is 1. The minimum absolute atomic E-state index is 0.0697. The van der Waals surface area contributed by atoms with Crippen LogP contribution in [0.25, 0.3) is 0 Å². The number of amides is 1. The Morgan fingerprint density at radius 2 is 2.00 bits per heavy atom. The lowest BCUT2D eigenvalue weighted by molar-refractivity contribution is -0.122. The maximum atomic E-state index is 11.7. The SMILES string of the molecule is CC(C)c1ccc(OCCCC(=O)NC(C)(C)C)c(Br)c1. The van der Waals surface area contributed by atoms with E-state index >= 15 is 0 Å². The summed E-state index contributed by atoms with van der Waals surface area (Å²) in [5.74, 6) is 1.40. The third kappa shape index (κ3) is 6.98. The smallest absolute Gasteiger partial charge is 0.220 e. The van der Waals surface area contributed by atoms with Crippen molar-refractivity contribution in [2.24, 2.45) is 0 Å². The summed E-state index contributed by atoms with van der Waals surface area (Å²) >= 11 is 3.53. The molecule has 0 aliphatic carbocycles. The average molecular weight is 356 g/mol. The molecule has 0 atom stereocenters. The largest absolute Gasteiger partial charge is 0.492 e. The van der Waals surface area contributed by atoms with Crippen molar-refractivity contribution in [2.75, 3.05) is 6.61 Å². The fourth-order valence-electron chi connectivity index (χ4n) is 1.89. The highest BCUT2D eigenvalue weighted by atomic mass is 79.9. The van der Waals surface area contributed by atoms with Gasteiger partial charge in [-0.1, -0.05) is 19.9 Å². The van der Waals surface area contributed by atoms with E-state index in [2.05, 4.69) is 47.2 Å². The lowest BCUT2D eigenvalue weighted by atomic mass is 10.0. The molecule has 0 aliphatic heterocycles. The zero-order valence-corrected chi connectivity index (χ0v) is 15.2. The molecular formula is C17H26BrNO2. The van der Waals surface area contributed by atoms with Crippen LogP contribution in [0.4, 0.5) is 0 Å². The zero-order valence-electron chi connectivity index (χ0n) is 13.6. The molecule has 1 aromatic rings. The number of halogens is 1. The van der Waals surface area contributed by atoms with Crippen molar-refractivity contribution < 1.29 is 9.53 Å². The van der Waals surface area contributed by atoms with Crippen LogP contribution in [-0.4, -0.2) is 18.1 Å². The van der Waals surface area contributed by atoms with Crippen molar-refractivity contribution in [3.63, 3.8) is 0 Å². The fraction of sp³-hybridized carbons (Fsp3) is 0.588. The van der Waals surface area contributed by atoms with Gasteiger partial charge in [0, 0.05) is 12.0 Å². The van der Waals surface area contributed by atoms with Crippen LogP contribution in [0.1, 0.15) is 58.9 Å². The highest BCUT2D eigenvalue weighted by Gasteiger charge is 2.13. The maximum Gasteiger partial charge on any atom is 0.220 e. The van der Waals surface area contributed by atoms with Gasteiger partial charge in [-0.3, -0.25) is 4.79 Å². The predicted molar refractivity (Wildman–Crippen MR) is 90.9 cm³/mol. The monoisotopic (exact) mass is 355 g/mol. The van der Waals surface area contributed by atoms with Gasteiger partial charge in [0.2, 0.25) is 5.91 Å². The highest BCUT2D eigenvalue weighted by Crippen LogP contribution is 2.29. The van der Waals surface area contributed by atoms with E-state index in [0.717, 1.165) is 10.2 Å². The van der Waals surface area contributed by atoms with E-state index in [-0.39, 0.29) is 11.4 Å². The third-order valence-corrected chi connectivity index (χ3v) is 3.56. The summed E-state index contributed by atoms with van der Waals surface area (Å²) in [5.41, 5.74) is 1.10. The Bertz CT molecular complexity index is 478. The summed E-state index contributed by atoms with van der Waals surface area (Å²) in [7, 11) is 0. The standard InChI is InChI=1S/C17H26BrNO2/c1-12(2)13-8-9-15(14(18)11-13)21-10-6-7-16(20)19-17(3,4)5/h8-9,11-12H,6-7,10H2,1-5H3,(H,19,20). The Hall–Kier alpha value is -1.03. The number of nitrogens with one attached hydrogen (secondary N) is 1. The van der Waals surface area contributed by atoms with Gasteiger partial charge in [0.15, 0.2) is 0 Å². The average Bonchev–Trinajstić information content (AvgIpc) is 2.33. The molecule has 118 valence electrons. The van der Waals surface area contributed by atoms with Crippen LogP contribution in [0, 0.1) is 0 Å². The first-order valence-corrected chi connectivity index (χ1v) is 8.21. The molecule has 1 rings (SSSR count). The maximum absolute atomic E-state index is 11.7. The second-order valence-electron chi connectivity index (χ2n) is 6.59. The predicted octanol–water partition coefficient (Wildman–Crippen LogP) is 4.65. The number of carbonyl (C=O) groups excluding carboxylic acids is 1. The molecule has 0 spiro atoms. The second kappa shape index (κ2) is 7.83. The molecular weight excluding hydrogens is 330 g/mol.